The molecule has 2 aromatic carbocycles. The Balaban J connectivity index is 1.81. The predicted octanol–water partition coefficient (Wildman–Crippen LogP) is 4.69. The molecule has 12 nitrogen and oxygen atoms in total. The highest BCUT2D eigenvalue weighted by molar-refractivity contribution is 8.26. The van der Waals surface area contributed by atoms with Gasteiger partial charge in [0.05, 0.1) is 52.3 Å². The van der Waals surface area contributed by atoms with Gasteiger partial charge in [0.15, 0.2) is 6.61 Å². The van der Waals surface area contributed by atoms with Crippen molar-refractivity contribution in [2.45, 2.75) is 23.5 Å². The number of fused-ring (bicyclic) bond motifs is 3. The van der Waals surface area contributed by atoms with E-state index in [-0.39, 0.29) is 26.9 Å². The Bertz CT molecular complexity index is 1790. The minimum absolute atomic E-state index is 0.138. The summed E-state index contributed by atoms with van der Waals surface area (Å²) in [6, 6.07) is 13.9. The number of thioether (sulfide) groups is 3. The van der Waals surface area contributed by atoms with Gasteiger partial charge in [0.2, 0.25) is 0 Å². The van der Waals surface area contributed by atoms with Gasteiger partial charge < -0.3 is 28.4 Å². The van der Waals surface area contributed by atoms with E-state index in [9.17, 15) is 24.0 Å². The second-order valence-corrected chi connectivity index (χ2v) is 14.5. The van der Waals surface area contributed by atoms with E-state index in [0.717, 1.165) is 56.6 Å². The van der Waals surface area contributed by atoms with Crippen molar-refractivity contribution < 1.29 is 52.4 Å². The van der Waals surface area contributed by atoms with E-state index in [1.54, 1.807) is 61.2 Å². The van der Waals surface area contributed by atoms with Crippen molar-refractivity contribution >= 4 is 76.3 Å². The molecule has 0 atom stereocenters. The lowest BCUT2D eigenvalue weighted by Crippen LogP contribution is -2.55. The fraction of sp³-hybridized carbons (Fsp3) is 0.303. The van der Waals surface area contributed by atoms with Gasteiger partial charge in [0.25, 0.3) is 5.91 Å². The first-order chi connectivity index (χ1) is 22.9. The minimum Gasteiger partial charge on any atom is -0.497 e. The van der Waals surface area contributed by atoms with Crippen molar-refractivity contribution in [2.75, 3.05) is 47.1 Å². The highest BCUT2D eigenvalue weighted by atomic mass is 32.2. The Morgan fingerprint density at radius 1 is 0.708 bits per heavy atom. The monoisotopic (exact) mass is 713 g/mol. The van der Waals surface area contributed by atoms with Crippen LogP contribution in [-0.2, 0) is 42.9 Å². The summed E-state index contributed by atoms with van der Waals surface area (Å²) in [5, 5.41) is 0. The smallest absolute Gasteiger partial charge is 0.345 e. The minimum atomic E-state index is -1.69. The van der Waals surface area contributed by atoms with Gasteiger partial charge in [-0.3, -0.25) is 9.69 Å². The number of benzene rings is 2. The predicted molar refractivity (Wildman–Crippen MR) is 181 cm³/mol. The van der Waals surface area contributed by atoms with Crippen LogP contribution in [0.5, 0.6) is 11.5 Å². The van der Waals surface area contributed by atoms with Crippen LogP contribution < -0.4 is 14.4 Å². The third-order valence-corrected chi connectivity index (χ3v) is 12.4. The zero-order valence-electron chi connectivity index (χ0n) is 27.0. The first kappa shape index (κ1) is 35.0. The summed E-state index contributed by atoms with van der Waals surface area (Å²) in [7, 11) is 6.12. The number of methoxy groups -OCH3 is 5. The Morgan fingerprint density at radius 3 is 1.81 bits per heavy atom. The Labute approximate surface area is 289 Å². The molecule has 0 unspecified atom stereocenters. The van der Waals surface area contributed by atoms with Crippen molar-refractivity contribution in [3.63, 3.8) is 0 Å². The quantitative estimate of drug-likeness (QED) is 0.276. The van der Waals surface area contributed by atoms with E-state index in [1.807, 2.05) is 6.07 Å². The van der Waals surface area contributed by atoms with Gasteiger partial charge in [-0.15, -0.1) is 0 Å². The first-order valence-electron chi connectivity index (χ1n) is 14.2. The van der Waals surface area contributed by atoms with E-state index in [1.165, 1.54) is 14.2 Å². The molecule has 252 valence electrons. The molecule has 0 bridgehead atoms. The first-order valence-corrected chi connectivity index (χ1v) is 16.7. The van der Waals surface area contributed by atoms with Crippen LogP contribution in [0.2, 0.25) is 0 Å². The Hall–Kier alpha value is -4.34. The molecule has 48 heavy (non-hydrogen) atoms. The van der Waals surface area contributed by atoms with Crippen molar-refractivity contribution in [1.82, 2.24) is 0 Å². The SMILES string of the molecule is COC(=O)C1=C(C(=O)OC)SC2(S1)C(C(=O)OC)=C(C(=O)OC)SC1=C2c2ccc(OC)cc2N(C(=O)COc2ccccc2)C1(C)C. The molecule has 0 aromatic heterocycles. The van der Waals surface area contributed by atoms with Crippen molar-refractivity contribution in [1.29, 1.82) is 0 Å². The molecule has 15 heteroatoms. The largest absolute Gasteiger partial charge is 0.497 e. The number of esters is 4. The third kappa shape index (κ3) is 5.73. The Kier molecular flexibility index (Phi) is 9.94. The lowest BCUT2D eigenvalue weighted by Gasteiger charge is -2.50. The number of amides is 1. The molecule has 0 saturated carbocycles. The molecule has 1 spiro atoms. The molecule has 1 amide bonds. The topological polar surface area (TPSA) is 144 Å². The number of ether oxygens (including phenoxy) is 6. The number of anilines is 1. The number of carbonyl (C=O) groups is 5. The molecule has 3 aliphatic heterocycles. The third-order valence-electron chi connectivity index (χ3n) is 7.70. The molecular weight excluding hydrogens is 683 g/mol. The summed E-state index contributed by atoms with van der Waals surface area (Å²) in [4.78, 5) is 69.5. The number of carbonyl (C=O) groups excluding carboxylic acids is 5. The van der Waals surface area contributed by atoms with Crippen LogP contribution in [0.15, 0.2) is 73.7 Å². The second-order valence-electron chi connectivity index (χ2n) is 10.7. The van der Waals surface area contributed by atoms with E-state index < -0.39 is 39.4 Å². The van der Waals surface area contributed by atoms with Gasteiger partial charge in [-0.2, -0.15) is 0 Å². The molecule has 0 saturated heterocycles. The molecule has 0 radical (unpaired) electrons. The Morgan fingerprint density at radius 2 is 1.27 bits per heavy atom. The van der Waals surface area contributed by atoms with E-state index in [4.69, 9.17) is 28.4 Å². The zero-order chi connectivity index (χ0) is 35.0. The van der Waals surface area contributed by atoms with Crippen LogP contribution in [0.4, 0.5) is 5.69 Å². The van der Waals surface area contributed by atoms with Crippen LogP contribution in [0.1, 0.15) is 19.4 Å². The average Bonchev–Trinajstić information content (AvgIpc) is 3.49. The molecule has 0 fully saturated rings. The highest BCUT2D eigenvalue weighted by Crippen LogP contribution is 2.71. The van der Waals surface area contributed by atoms with Crippen molar-refractivity contribution in [3.8, 4) is 11.5 Å². The lowest BCUT2D eigenvalue weighted by atomic mass is 9.83. The highest BCUT2D eigenvalue weighted by Gasteiger charge is 2.61. The van der Waals surface area contributed by atoms with Crippen LogP contribution >= 0.6 is 35.3 Å². The van der Waals surface area contributed by atoms with Gasteiger partial charge >= 0.3 is 23.9 Å². The fourth-order valence-corrected chi connectivity index (χ4v) is 10.6. The second kappa shape index (κ2) is 13.6. The summed E-state index contributed by atoms with van der Waals surface area (Å²) in [6.07, 6.45) is 0. The maximum atomic E-state index is 14.2. The molecule has 5 rings (SSSR count). The number of para-hydroxylation sites is 1. The van der Waals surface area contributed by atoms with E-state index in [2.05, 4.69) is 0 Å². The van der Waals surface area contributed by atoms with Crippen molar-refractivity contribution in [3.05, 3.63) is 79.3 Å². The van der Waals surface area contributed by atoms with Gasteiger partial charge in [0, 0.05) is 22.1 Å². The molecular formula is C33H31NO11S3. The molecule has 3 heterocycles. The van der Waals surface area contributed by atoms with Crippen LogP contribution in [0.25, 0.3) is 5.57 Å². The zero-order valence-corrected chi connectivity index (χ0v) is 29.4. The number of hydrogen-bond acceptors (Lipinski definition) is 14. The van der Waals surface area contributed by atoms with Crippen molar-refractivity contribution in [2.24, 2.45) is 0 Å². The normalized spacial score (nSPS) is 17.4. The lowest BCUT2D eigenvalue weighted by molar-refractivity contribution is -0.138. The fourth-order valence-electron chi connectivity index (χ4n) is 5.59. The summed E-state index contributed by atoms with van der Waals surface area (Å²) >= 11 is 2.65. The van der Waals surface area contributed by atoms with Crippen LogP contribution in [0, 0.1) is 0 Å². The summed E-state index contributed by atoms with van der Waals surface area (Å²) in [6.45, 7) is 3.23. The number of rotatable bonds is 8. The van der Waals surface area contributed by atoms with Gasteiger partial charge in [0.1, 0.15) is 30.3 Å². The number of nitrogens with zero attached hydrogens (tertiary/aromatic N) is 1. The summed E-state index contributed by atoms with van der Waals surface area (Å²) in [5.74, 6) is -2.96. The van der Waals surface area contributed by atoms with Gasteiger partial charge in [-0.1, -0.05) is 53.5 Å². The summed E-state index contributed by atoms with van der Waals surface area (Å²) < 4.78 is 30.1. The van der Waals surface area contributed by atoms with E-state index in [0.29, 0.717) is 33.2 Å². The summed E-state index contributed by atoms with van der Waals surface area (Å²) in [5.41, 5.74) is -0.0679. The maximum Gasteiger partial charge on any atom is 0.345 e. The van der Waals surface area contributed by atoms with Crippen LogP contribution in [-0.4, -0.2) is 81.6 Å². The standard InChI is InChI=1S/C33H31NO11S3/c1-32(2)27-22(19-14-13-18(40-3)15-20(19)34(32)21(35)16-45-17-11-9-8-10-12-17)33(23(28(36)41-4)24(46-27)29(37)42-5)47-25(30(38)43-6)26(48-33)31(39)44-7/h8-15H,16H2,1-7H3. The number of hydrogen-bond donors (Lipinski definition) is 0. The molecule has 0 aliphatic carbocycles. The molecule has 2 aromatic rings. The van der Waals surface area contributed by atoms with Gasteiger partial charge in [-0.25, -0.2) is 19.2 Å². The van der Waals surface area contributed by atoms with Crippen LogP contribution in [0.3, 0.4) is 0 Å². The van der Waals surface area contributed by atoms with E-state index >= 15 is 0 Å². The van der Waals surface area contributed by atoms with Gasteiger partial charge in [-0.05, 0) is 38.1 Å². The molecule has 3 aliphatic rings. The molecule has 0 N–H and O–H groups in total. The average molecular weight is 714 g/mol. The maximum absolute atomic E-state index is 14.2.